The van der Waals surface area contributed by atoms with Crippen LogP contribution in [0.3, 0.4) is 0 Å². The second-order valence-corrected chi connectivity index (χ2v) is 7.49. The highest BCUT2D eigenvalue weighted by atomic mass is 16.5. The van der Waals surface area contributed by atoms with Crippen LogP contribution in [-0.4, -0.2) is 36.1 Å². The Morgan fingerprint density at radius 2 is 1.74 bits per heavy atom. The first kappa shape index (κ1) is 20.4. The van der Waals surface area contributed by atoms with Crippen LogP contribution in [0.4, 0.5) is 0 Å². The van der Waals surface area contributed by atoms with Crippen molar-refractivity contribution in [1.82, 2.24) is 23.3 Å². The van der Waals surface area contributed by atoms with Crippen LogP contribution in [0.5, 0.6) is 5.75 Å². The third kappa shape index (κ3) is 3.18. The predicted octanol–water partition coefficient (Wildman–Crippen LogP) is 1.73. The zero-order chi connectivity index (χ0) is 22.4. The lowest BCUT2D eigenvalue weighted by molar-refractivity contribution is 0.0972. The van der Waals surface area contributed by atoms with Crippen LogP contribution >= 0.6 is 0 Å². The smallest absolute Gasteiger partial charge is 0.332 e. The van der Waals surface area contributed by atoms with Crippen molar-refractivity contribution in [1.29, 1.82) is 0 Å². The number of fused-ring (bicyclic) bond motifs is 1. The van der Waals surface area contributed by atoms with Crippen LogP contribution < -0.4 is 16.0 Å². The van der Waals surface area contributed by atoms with Crippen LogP contribution in [-0.2, 0) is 20.6 Å². The molecule has 9 nitrogen and oxygen atoms in total. The molecule has 0 bridgehead atoms. The summed E-state index contributed by atoms with van der Waals surface area (Å²) in [6.45, 7) is 3.77. The predicted molar refractivity (Wildman–Crippen MR) is 116 cm³/mol. The summed E-state index contributed by atoms with van der Waals surface area (Å²) >= 11 is 0. The molecule has 0 aliphatic rings. The molecule has 0 saturated carbocycles. The Bertz CT molecular complexity index is 1430. The van der Waals surface area contributed by atoms with E-state index in [1.807, 2.05) is 48.7 Å². The summed E-state index contributed by atoms with van der Waals surface area (Å²) in [6, 6.07) is 9.44. The van der Waals surface area contributed by atoms with E-state index in [9.17, 15) is 14.4 Å². The summed E-state index contributed by atoms with van der Waals surface area (Å²) in [5.41, 5.74) is 2.75. The van der Waals surface area contributed by atoms with Crippen LogP contribution in [0.25, 0.3) is 16.9 Å². The average molecular weight is 421 g/mol. The molecule has 0 saturated heterocycles. The van der Waals surface area contributed by atoms with Crippen molar-refractivity contribution in [2.75, 3.05) is 7.11 Å². The maximum Gasteiger partial charge on any atom is 0.332 e. The van der Waals surface area contributed by atoms with Gasteiger partial charge in [-0.1, -0.05) is 0 Å². The molecule has 9 heteroatoms. The van der Waals surface area contributed by atoms with Crippen molar-refractivity contribution >= 4 is 16.9 Å². The molecule has 31 heavy (non-hydrogen) atoms. The lowest BCUT2D eigenvalue weighted by Crippen LogP contribution is -2.37. The third-order valence-corrected chi connectivity index (χ3v) is 5.59. The molecule has 0 aliphatic heterocycles. The zero-order valence-electron chi connectivity index (χ0n) is 18.0. The van der Waals surface area contributed by atoms with E-state index in [4.69, 9.17) is 4.74 Å². The molecule has 0 amide bonds. The number of carbonyl (C=O) groups excluding carboxylic acids is 1. The lowest BCUT2D eigenvalue weighted by atomic mass is 10.1. The van der Waals surface area contributed by atoms with E-state index in [0.29, 0.717) is 5.56 Å². The number of imidazole rings is 1. The van der Waals surface area contributed by atoms with E-state index in [-0.39, 0.29) is 23.5 Å². The molecule has 0 aliphatic carbocycles. The van der Waals surface area contributed by atoms with Crippen LogP contribution in [0.15, 0.2) is 46.2 Å². The highest BCUT2D eigenvalue weighted by Crippen LogP contribution is 2.23. The van der Waals surface area contributed by atoms with Crippen LogP contribution in [0.2, 0.25) is 0 Å². The van der Waals surface area contributed by atoms with Gasteiger partial charge in [0.25, 0.3) is 5.56 Å². The minimum atomic E-state index is -0.480. The largest absolute Gasteiger partial charge is 0.497 e. The van der Waals surface area contributed by atoms with Gasteiger partial charge in [-0.05, 0) is 44.2 Å². The number of benzene rings is 1. The Labute approximate surface area is 177 Å². The monoisotopic (exact) mass is 421 g/mol. The molecule has 4 aromatic rings. The molecular formula is C22H23N5O4. The fourth-order valence-corrected chi connectivity index (χ4v) is 3.93. The standard InChI is InChI=1S/C22H23N5O4/c1-13-10-17(14(2)27(13)15-6-8-16(31-5)9-7-15)18(28)11-26-12-23-20-19(26)21(29)25(4)22(30)24(20)3/h6-10,12H,11H2,1-5H3. The number of ketones is 1. The summed E-state index contributed by atoms with van der Waals surface area (Å²) in [7, 11) is 4.57. The summed E-state index contributed by atoms with van der Waals surface area (Å²) in [6.07, 6.45) is 1.42. The number of nitrogens with zero attached hydrogens (tertiary/aromatic N) is 5. The normalized spacial score (nSPS) is 11.3. The number of rotatable bonds is 5. The van der Waals surface area contributed by atoms with Crippen molar-refractivity contribution in [2.24, 2.45) is 14.1 Å². The van der Waals surface area contributed by atoms with Crippen molar-refractivity contribution in [2.45, 2.75) is 20.4 Å². The van der Waals surface area contributed by atoms with Gasteiger partial charge in [0.2, 0.25) is 0 Å². The molecule has 0 atom stereocenters. The van der Waals surface area contributed by atoms with E-state index in [1.165, 1.54) is 22.5 Å². The average Bonchev–Trinajstić information content (AvgIpc) is 3.31. The number of methoxy groups -OCH3 is 1. The fraction of sp³-hybridized carbons (Fsp3) is 0.273. The summed E-state index contributed by atoms with van der Waals surface area (Å²) in [5.74, 6) is 0.605. The second-order valence-electron chi connectivity index (χ2n) is 7.49. The first-order valence-electron chi connectivity index (χ1n) is 9.72. The van der Waals surface area contributed by atoms with Gasteiger partial charge in [0.15, 0.2) is 16.9 Å². The Morgan fingerprint density at radius 1 is 1.06 bits per heavy atom. The van der Waals surface area contributed by atoms with Gasteiger partial charge < -0.3 is 13.9 Å². The minimum Gasteiger partial charge on any atom is -0.497 e. The van der Waals surface area contributed by atoms with E-state index in [1.54, 1.807) is 14.2 Å². The number of ether oxygens (including phenoxy) is 1. The fourth-order valence-electron chi connectivity index (χ4n) is 3.93. The first-order chi connectivity index (χ1) is 14.7. The number of hydrogen-bond acceptors (Lipinski definition) is 5. The molecule has 0 radical (unpaired) electrons. The number of Topliss-reactive ketones (excluding diaryl/α,β-unsaturated/α-hetero) is 1. The van der Waals surface area contributed by atoms with E-state index in [2.05, 4.69) is 4.98 Å². The molecule has 1 aromatic carbocycles. The molecular weight excluding hydrogens is 398 g/mol. The number of hydrogen-bond donors (Lipinski definition) is 0. The third-order valence-electron chi connectivity index (χ3n) is 5.59. The van der Waals surface area contributed by atoms with Crippen LogP contribution in [0, 0.1) is 13.8 Å². The van der Waals surface area contributed by atoms with E-state index in [0.717, 1.165) is 27.4 Å². The van der Waals surface area contributed by atoms with Gasteiger partial charge in [-0.2, -0.15) is 0 Å². The Balaban J connectivity index is 1.74. The summed E-state index contributed by atoms with van der Waals surface area (Å²) in [5, 5.41) is 0. The molecule has 0 N–H and O–H groups in total. The van der Waals surface area contributed by atoms with Crippen molar-refractivity contribution < 1.29 is 9.53 Å². The van der Waals surface area contributed by atoms with Crippen molar-refractivity contribution in [3.8, 4) is 11.4 Å². The van der Waals surface area contributed by atoms with Gasteiger partial charge in [0.05, 0.1) is 20.0 Å². The highest BCUT2D eigenvalue weighted by Gasteiger charge is 2.20. The van der Waals surface area contributed by atoms with Gasteiger partial charge in [0.1, 0.15) is 5.75 Å². The van der Waals surface area contributed by atoms with Gasteiger partial charge in [-0.3, -0.25) is 18.7 Å². The van der Waals surface area contributed by atoms with Gasteiger partial charge in [-0.15, -0.1) is 0 Å². The molecule has 160 valence electrons. The minimum absolute atomic E-state index is 0.0587. The Morgan fingerprint density at radius 3 is 2.39 bits per heavy atom. The lowest BCUT2D eigenvalue weighted by Gasteiger charge is -2.11. The van der Waals surface area contributed by atoms with Crippen molar-refractivity contribution in [3.05, 3.63) is 74.4 Å². The molecule has 3 aromatic heterocycles. The molecule has 0 unspecified atom stereocenters. The van der Waals surface area contributed by atoms with Gasteiger partial charge in [-0.25, -0.2) is 9.78 Å². The quantitative estimate of drug-likeness (QED) is 0.458. The van der Waals surface area contributed by atoms with E-state index >= 15 is 0 Å². The maximum absolute atomic E-state index is 13.2. The topological polar surface area (TPSA) is 93.1 Å². The van der Waals surface area contributed by atoms with Gasteiger partial charge in [0, 0.05) is 36.7 Å². The Hall–Kier alpha value is -3.88. The second kappa shape index (κ2) is 7.42. The molecule has 0 fully saturated rings. The SMILES string of the molecule is COc1ccc(-n2c(C)cc(C(=O)Cn3cnc4c3c(=O)n(C)c(=O)n4C)c2C)cc1. The summed E-state index contributed by atoms with van der Waals surface area (Å²) < 4.78 is 11.0. The van der Waals surface area contributed by atoms with Crippen molar-refractivity contribution in [3.63, 3.8) is 0 Å². The molecule has 0 spiro atoms. The van der Waals surface area contributed by atoms with E-state index < -0.39 is 11.2 Å². The number of carbonyl (C=O) groups is 1. The number of aromatic nitrogens is 5. The number of aryl methyl sites for hydroxylation is 2. The molecule has 3 heterocycles. The molecule has 4 rings (SSSR count). The van der Waals surface area contributed by atoms with Crippen LogP contribution in [0.1, 0.15) is 21.7 Å². The zero-order valence-corrected chi connectivity index (χ0v) is 18.0. The first-order valence-corrected chi connectivity index (χ1v) is 9.72. The maximum atomic E-state index is 13.2. The van der Waals surface area contributed by atoms with Gasteiger partial charge >= 0.3 is 5.69 Å². The summed E-state index contributed by atoms with van der Waals surface area (Å²) in [4.78, 5) is 42.1. The Kier molecular flexibility index (Phi) is 4.88. The highest BCUT2D eigenvalue weighted by molar-refractivity contribution is 5.98.